The highest BCUT2D eigenvalue weighted by Crippen LogP contribution is 2.09. The van der Waals surface area contributed by atoms with Crippen LogP contribution in [0.5, 0.6) is 0 Å². The van der Waals surface area contributed by atoms with Crippen molar-refractivity contribution in [3.05, 3.63) is 34.9 Å². The maximum absolute atomic E-state index is 11.5. The Morgan fingerprint density at radius 1 is 1.50 bits per heavy atom. The Balaban J connectivity index is 2.62. The summed E-state index contributed by atoms with van der Waals surface area (Å²) < 4.78 is 6.04. The van der Waals surface area contributed by atoms with Gasteiger partial charge in [0.2, 0.25) is 0 Å². The highest BCUT2D eigenvalue weighted by Gasteiger charge is 2.07. The highest BCUT2D eigenvalue weighted by atomic mass is 16.4. The number of hydrogen-bond acceptors (Lipinski definition) is 3. The number of aliphatic carboxylic acids is 1. The van der Waals surface area contributed by atoms with E-state index in [1.54, 1.807) is 12.1 Å². The van der Waals surface area contributed by atoms with Crippen LogP contribution in [0.15, 0.2) is 33.8 Å². The second-order valence-electron chi connectivity index (χ2n) is 2.85. The molecule has 1 N–H and O–H groups in total. The van der Waals surface area contributed by atoms with E-state index in [9.17, 15) is 9.59 Å². The zero-order chi connectivity index (χ0) is 10.1. The van der Waals surface area contributed by atoms with Crippen molar-refractivity contribution in [1.82, 2.24) is 4.57 Å². The minimum Gasteiger partial charge on any atom is -0.480 e. The largest absolute Gasteiger partial charge is 0.480 e. The van der Waals surface area contributed by atoms with Gasteiger partial charge >= 0.3 is 5.97 Å². The van der Waals surface area contributed by atoms with Crippen molar-refractivity contribution in [3.63, 3.8) is 0 Å². The molecule has 0 aromatic carbocycles. The van der Waals surface area contributed by atoms with E-state index in [0.29, 0.717) is 5.39 Å². The number of pyridine rings is 1. The predicted molar refractivity (Wildman–Crippen MR) is 48.1 cm³/mol. The Bertz CT molecular complexity index is 537. The number of fused-ring (bicyclic) bond motifs is 1. The van der Waals surface area contributed by atoms with Crippen LogP contribution in [-0.4, -0.2) is 15.6 Å². The van der Waals surface area contributed by atoms with Crippen LogP contribution >= 0.6 is 0 Å². The van der Waals surface area contributed by atoms with Crippen LogP contribution in [0.25, 0.3) is 11.0 Å². The summed E-state index contributed by atoms with van der Waals surface area (Å²) in [6.07, 6.45) is 2.84. The Kier molecular flexibility index (Phi) is 1.85. The van der Waals surface area contributed by atoms with Gasteiger partial charge in [0.25, 0.3) is 5.56 Å². The van der Waals surface area contributed by atoms with Crippen molar-refractivity contribution in [2.24, 2.45) is 0 Å². The van der Waals surface area contributed by atoms with Gasteiger partial charge in [-0.3, -0.25) is 9.59 Å². The van der Waals surface area contributed by atoms with Crippen molar-refractivity contribution < 1.29 is 14.3 Å². The molecule has 0 aliphatic carbocycles. The number of hydrogen-bond donors (Lipinski definition) is 1. The summed E-state index contributed by atoms with van der Waals surface area (Å²) in [4.78, 5) is 21.9. The monoisotopic (exact) mass is 193 g/mol. The number of nitrogens with zero attached hydrogens (tertiary/aromatic N) is 1. The van der Waals surface area contributed by atoms with Crippen molar-refractivity contribution in [2.75, 3.05) is 0 Å². The van der Waals surface area contributed by atoms with Gasteiger partial charge in [0.05, 0.1) is 6.26 Å². The summed E-state index contributed by atoms with van der Waals surface area (Å²) in [7, 11) is 0. The standard InChI is InChI=1S/C9H7NO4/c11-7(12)5-10-3-1-6-2-4-14-8(6)9(10)13/h1-4H,5H2,(H,11,12). The second-order valence-corrected chi connectivity index (χ2v) is 2.85. The van der Waals surface area contributed by atoms with E-state index in [1.165, 1.54) is 12.5 Å². The number of aromatic nitrogens is 1. The summed E-state index contributed by atoms with van der Waals surface area (Å²) in [5.74, 6) is -1.06. The minimum atomic E-state index is -1.06. The van der Waals surface area contributed by atoms with E-state index in [2.05, 4.69) is 0 Å². The van der Waals surface area contributed by atoms with Crippen LogP contribution in [0.3, 0.4) is 0 Å². The Labute approximate surface area is 78.2 Å². The molecule has 2 aromatic heterocycles. The van der Waals surface area contributed by atoms with Crippen LogP contribution in [0, 0.1) is 0 Å². The Hall–Kier alpha value is -2.04. The number of rotatable bonds is 2. The highest BCUT2D eigenvalue weighted by molar-refractivity contribution is 5.76. The van der Waals surface area contributed by atoms with Crippen molar-refractivity contribution >= 4 is 16.9 Å². The first kappa shape index (κ1) is 8.55. The molecule has 0 spiro atoms. The van der Waals surface area contributed by atoms with Crippen LogP contribution < -0.4 is 5.56 Å². The molecule has 0 aliphatic rings. The molecule has 0 atom stereocenters. The lowest BCUT2D eigenvalue weighted by Gasteiger charge is -1.99. The zero-order valence-electron chi connectivity index (χ0n) is 7.14. The normalized spacial score (nSPS) is 10.6. The van der Waals surface area contributed by atoms with Gasteiger partial charge in [-0.25, -0.2) is 0 Å². The first-order valence-corrected chi connectivity index (χ1v) is 3.97. The van der Waals surface area contributed by atoms with Gasteiger partial charge in [-0.1, -0.05) is 0 Å². The lowest BCUT2D eigenvalue weighted by Crippen LogP contribution is -2.22. The molecular weight excluding hydrogens is 186 g/mol. The number of carboxylic acid groups (broad SMARTS) is 1. The topological polar surface area (TPSA) is 72.4 Å². The molecule has 5 heteroatoms. The van der Waals surface area contributed by atoms with E-state index in [0.717, 1.165) is 4.57 Å². The third-order valence-corrected chi connectivity index (χ3v) is 1.89. The molecule has 2 aromatic rings. The second kappa shape index (κ2) is 3.02. The zero-order valence-corrected chi connectivity index (χ0v) is 7.14. The molecule has 0 amide bonds. The van der Waals surface area contributed by atoms with Gasteiger partial charge in [0.1, 0.15) is 6.54 Å². The van der Waals surface area contributed by atoms with E-state index >= 15 is 0 Å². The van der Waals surface area contributed by atoms with E-state index in [4.69, 9.17) is 9.52 Å². The third kappa shape index (κ3) is 1.28. The molecule has 0 bridgehead atoms. The first-order valence-electron chi connectivity index (χ1n) is 3.97. The molecule has 72 valence electrons. The van der Waals surface area contributed by atoms with Crippen LogP contribution in [0.4, 0.5) is 0 Å². The molecule has 0 fully saturated rings. The fourth-order valence-corrected chi connectivity index (χ4v) is 1.26. The molecular formula is C9H7NO4. The summed E-state index contributed by atoms with van der Waals surface area (Å²) >= 11 is 0. The number of carboxylic acids is 1. The molecule has 14 heavy (non-hydrogen) atoms. The fraction of sp³-hybridized carbons (Fsp3) is 0.111. The quantitative estimate of drug-likeness (QED) is 0.761. The smallest absolute Gasteiger partial charge is 0.323 e. The van der Waals surface area contributed by atoms with Gasteiger partial charge in [-0.05, 0) is 12.1 Å². The van der Waals surface area contributed by atoms with Gasteiger partial charge in [0.15, 0.2) is 5.58 Å². The fourth-order valence-electron chi connectivity index (χ4n) is 1.26. The van der Waals surface area contributed by atoms with E-state index in [1.807, 2.05) is 0 Å². The number of furan rings is 1. The van der Waals surface area contributed by atoms with Gasteiger partial charge in [-0.15, -0.1) is 0 Å². The third-order valence-electron chi connectivity index (χ3n) is 1.89. The summed E-state index contributed by atoms with van der Waals surface area (Å²) in [5.41, 5.74) is -0.233. The molecule has 2 heterocycles. The van der Waals surface area contributed by atoms with Crippen molar-refractivity contribution in [3.8, 4) is 0 Å². The SMILES string of the molecule is O=C(O)Cn1ccc2ccoc2c1=O. The van der Waals surface area contributed by atoms with E-state index < -0.39 is 11.5 Å². The molecule has 0 radical (unpaired) electrons. The predicted octanol–water partition coefficient (Wildman–Crippen LogP) is 0.679. The average molecular weight is 193 g/mol. The van der Waals surface area contributed by atoms with Gasteiger partial charge < -0.3 is 14.1 Å². The maximum Gasteiger partial charge on any atom is 0.323 e. The summed E-state index contributed by atoms with van der Waals surface area (Å²) in [5, 5.41) is 9.20. The summed E-state index contributed by atoms with van der Waals surface area (Å²) in [6, 6.07) is 3.30. The first-order chi connectivity index (χ1) is 6.68. The van der Waals surface area contributed by atoms with Gasteiger partial charge in [-0.2, -0.15) is 0 Å². The van der Waals surface area contributed by atoms with E-state index in [-0.39, 0.29) is 12.1 Å². The Morgan fingerprint density at radius 2 is 2.29 bits per heavy atom. The van der Waals surface area contributed by atoms with Gasteiger partial charge in [0, 0.05) is 11.6 Å². The average Bonchev–Trinajstić information content (AvgIpc) is 2.57. The van der Waals surface area contributed by atoms with Crippen LogP contribution in [-0.2, 0) is 11.3 Å². The minimum absolute atomic E-state index is 0.189. The molecule has 0 unspecified atom stereocenters. The molecule has 2 rings (SSSR count). The number of carbonyl (C=O) groups is 1. The van der Waals surface area contributed by atoms with Crippen LogP contribution in [0.2, 0.25) is 0 Å². The molecule has 0 saturated carbocycles. The molecule has 0 aliphatic heterocycles. The lowest BCUT2D eigenvalue weighted by molar-refractivity contribution is -0.137. The molecule has 0 saturated heterocycles. The Morgan fingerprint density at radius 3 is 3.00 bits per heavy atom. The van der Waals surface area contributed by atoms with Crippen molar-refractivity contribution in [1.29, 1.82) is 0 Å². The summed E-state index contributed by atoms with van der Waals surface area (Å²) in [6.45, 7) is -0.352. The molecule has 5 nitrogen and oxygen atoms in total. The maximum atomic E-state index is 11.5. The van der Waals surface area contributed by atoms with Crippen molar-refractivity contribution in [2.45, 2.75) is 6.54 Å². The van der Waals surface area contributed by atoms with Crippen LogP contribution in [0.1, 0.15) is 0 Å². The lowest BCUT2D eigenvalue weighted by atomic mass is 10.3.